The van der Waals surface area contributed by atoms with Gasteiger partial charge in [-0.1, -0.05) is 6.92 Å². The van der Waals surface area contributed by atoms with E-state index >= 15 is 0 Å². The summed E-state index contributed by atoms with van der Waals surface area (Å²) in [5, 5.41) is 3.18. The van der Waals surface area contributed by atoms with Gasteiger partial charge in [0.1, 0.15) is 11.6 Å². The number of benzene rings is 1. The fourth-order valence-electron chi connectivity index (χ4n) is 1.66. The molecule has 5 heteroatoms. The lowest BCUT2D eigenvalue weighted by Gasteiger charge is -2.13. The lowest BCUT2D eigenvalue weighted by Crippen LogP contribution is -2.20. The number of rotatable bonds is 8. The first kappa shape index (κ1) is 16.4. The van der Waals surface area contributed by atoms with Crippen molar-refractivity contribution in [2.45, 2.75) is 39.8 Å². The highest BCUT2D eigenvalue weighted by atomic mass is 19.1. The Kier molecular flexibility index (Phi) is 7.01. The molecule has 0 amide bonds. The van der Waals surface area contributed by atoms with Crippen LogP contribution < -0.4 is 10.1 Å². The minimum atomic E-state index is -0.434. The van der Waals surface area contributed by atoms with Crippen LogP contribution in [0, 0.1) is 5.82 Å². The lowest BCUT2D eigenvalue weighted by molar-refractivity contribution is -0.149. The van der Waals surface area contributed by atoms with Crippen LogP contribution in [0.3, 0.4) is 0 Å². The van der Waals surface area contributed by atoms with Crippen molar-refractivity contribution in [3.63, 3.8) is 0 Å². The SMILES string of the molecule is CCCNCc1cc(F)ccc1OCC(=O)OC(C)C. The normalized spacial score (nSPS) is 10.7. The first-order chi connectivity index (χ1) is 9.52. The van der Waals surface area contributed by atoms with Crippen molar-refractivity contribution >= 4 is 5.97 Å². The van der Waals surface area contributed by atoms with E-state index in [1.165, 1.54) is 18.2 Å². The van der Waals surface area contributed by atoms with Gasteiger partial charge in [-0.3, -0.25) is 0 Å². The monoisotopic (exact) mass is 283 g/mol. The highest BCUT2D eigenvalue weighted by molar-refractivity contribution is 5.71. The summed E-state index contributed by atoms with van der Waals surface area (Å²) < 4.78 is 23.6. The second-order valence-corrected chi connectivity index (χ2v) is 4.76. The molecule has 0 bridgehead atoms. The van der Waals surface area contributed by atoms with Crippen LogP contribution in [0.15, 0.2) is 18.2 Å². The summed E-state index contributed by atoms with van der Waals surface area (Å²) in [7, 11) is 0. The highest BCUT2D eigenvalue weighted by Crippen LogP contribution is 2.19. The van der Waals surface area contributed by atoms with Crippen LogP contribution in [-0.4, -0.2) is 25.2 Å². The molecule has 1 aromatic rings. The molecule has 112 valence electrons. The fraction of sp³-hybridized carbons (Fsp3) is 0.533. The number of ether oxygens (including phenoxy) is 2. The fourth-order valence-corrected chi connectivity index (χ4v) is 1.66. The molecule has 20 heavy (non-hydrogen) atoms. The van der Waals surface area contributed by atoms with Crippen LogP contribution in [0.4, 0.5) is 4.39 Å². The molecule has 1 N–H and O–H groups in total. The lowest BCUT2D eigenvalue weighted by atomic mass is 10.2. The molecule has 0 heterocycles. The van der Waals surface area contributed by atoms with E-state index in [0.29, 0.717) is 17.9 Å². The van der Waals surface area contributed by atoms with Gasteiger partial charge in [-0.05, 0) is 45.0 Å². The third-order valence-corrected chi connectivity index (χ3v) is 2.48. The third kappa shape index (κ3) is 6.02. The molecule has 0 aromatic heterocycles. The van der Waals surface area contributed by atoms with Crippen molar-refractivity contribution in [1.29, 1.82) is 0 Å². The van der Waals surface area contributed by atoms with Crippen LogP contribution in [-0.2, 0) is 16.1 Å². The van der Waals surface area contributed by atoms with E-state index in [2.05, 4.69) is 12.2 Å². The Bertz CT molecular complexity index is 435. The number of esters is 1. The molecule has 0 radical (unpaired) electrons. The van der Waals surface area contributed by atoms with Gasteiger partial charge in [0.25, 0.3) is 0 Å². The maximum absolute atomic E-state index is 13.3. The molecule has 4 nitrogen and oxygen atoms in total. The Balaban J connectivity index is 2.61. The maximum Gasteiger partial charge on any atom is 0.344 e. The zero-order chi connectivity index (χ0) is 15.0. The molecule has 0 atom stereocenters. The summed E-state index contributed by atoms with van der Waals surface area (Å²) in [6.45, 7) is 6.76. The van der Waals surface area contributed by atoms with Crippen molar-refractivity contribution in [2.75, 3.05) is 13.2 Å². The number of hydrogen-bond acceptors (Lipinski definition) is 4. The summed E-state index contributed by atoms with van der Waals surface area (Å²) in [6, 6.07) is 4.25. The Morgan fingerprint density at radius 3 is 2.80 bits per heavy atom. The van der Waals surface area contributed by atoms with Crippen LogP contribution in [0.1, 0.15) is 32.8 Å². The zero-order valence-electron chi connectivity index (χ0n) is 12.2. The predicted molar refractivity (Wildman–Crippen MR) is 75.1 cm³/mol. The van der Waals surface area contributed by atoms with E-state index in [0.717, 1.165) is 13.0 Å². The standard InChI is InChI=1S/C15H22FNO3/c1-4-7-17-9-12-8-13(16)5-6-14(12)19-10-15(18)20-11(2)3/h5-6,8,11,17H,4,7,9-10H2,1-3H3. The molecule has 0 aliphatic carbocycles. The Labute approximate surface area is 119 Å². The van der Waals surface area contributed by atoms with Gasteiger partial charge in [0.2, 0.25) is 0 Å². The number of carbonyl (C=O) groups excluding carboxylic acids is 1. The van der Waals surface area contributed by atoms with Gasteiger partial charge in [-0.2, -0.15) is 0 Å². The molecule has 1 rings (SSSR count). The van der Waals surface area contributed by atoms with Crippen molar-refractivity contribution in [3.05, 3.63) is 29.6 Å². The topological polar surface area (TPSA) is 47.6 Å². The number of nitrogens with one attached hydrogen (secondary N) is 1. The van der Waals surface area contributed by atoms with Gasteiger partial charge in [0.05, 0.1) is 6.10 Å². The summed E-state index contributed by atoms with van der Waals surface area (Å²) in [5.41, 5.74) is 0.691. The van der Waals surface area contributed by atoms with Crippen LogP contribution >= 0.6 is 0 Å². The summed E-state index contributed by atoms with van der Waals surface area (Å²) in [5.74, 6) is -0.261. The Morgan fingerprint density at radius 2 is 2.15 bits per heavy atom. The molecule has 0 aliphatic heterocycles. The summed E-state index contributed by atoms with van der Waals surface area (Å²) in [4.78, 5) is 11.4. The summed E-state index contributed by atoms with van der Waals surface area (Å²) >= 11 is 0. The average Bonchev–Trinajstić information content (AvgIpc) is 2.37. The van der Waals surface area contributed by atoms with Crippen molar-refractivity contribution in [2.24, 2.45) is 0 Å². The summed E-state index contributed by atoms with van der Waals surface area (Å²) in [6.07, 6.45) is 0.816. The molecule has 0 unspecified atom stereocenters. The minimum absolute atomic E-state index is 0.176. The molecule has 0 aliphatic rings. The number of halogens is 1. The second-order valence-electron chi connectivity index (χ2n) is 4.76. The maximum atomic E-state index is 13.3. The van der Waals surface area contributed by atoms with Gasteiger partial charge >= 0.3 is 5.97 Å². The van der Waals surface area contributed by atoms with Gasteiger partial charge < -0.3 is 14.8 Å². The molecule has 1 aromatic carbocycles. The highest BCUT2D eigenvalue weighted by Gasteiger charge is 2.10. The van der Waals surface area contributed by atoms with Gasteiger partial charge in [0.15, 0.2) is 6.61 Å². The Hall–Kier alpha value is -1.62. The molecular weight excluding hydrogens is 261 g/mol. The van der Waals surface area contributed by atoms with E-state index in [9.17, 15) is 9.18 Å². The molecule has 0 saturated heterocycles. The number of carbonyl (C=O) groups is 1. The first-order valence-electron chi connectivity index (χ1n) is 6.84. The number of hydrogen-bond donors (Lipinski definition) is 1. The van der Waals surface area contributed by atoms with Crippen molar-refractivity contribution < 1.29 is 18.7 Å². The molecular formula is C15H22FNO3. The quantitative estimate of drug-likeness (QED) is 0.588. The first-order valence-corrected chi connectivity index (χ1v) is 6.84. The van der Waals surface area contributed by atoms with E-state index in [4.69, 9.17) is 9.47 Å². The van der Waals surface area contributed by atoms with E-state index < -0.39 is 5.97 Å². The Morgan fingerprint density at radius 1 is 1.40 bits per heavy atom. The van der Waals surface area contributed by atoms with E-state index in [1.54, 1.807) is 13.8 Å². The van der Waals surface area contributed by atoms with Gasteiger partial charge in [-0.25, -0.2) is 9.18 Å². The van der Waals surface area contributed by atoms with Gasteiger partial charge in [0, 0.05) is 12.1 Å². The smallest absolute Gasteiger partial charge is 0.344 e. The molecule has 0 spiro atoms. The van der Waals surface area contributed by atoms with Crippen molar-refractivity contribution in [3.8, 4) is 5.75 Å². The largest absolute Gasteiger partial charge is 0.482 e. The van der Waals surface area contributed by atoms with Crippen molar-refractivity contribution in [1.82, 2.24) is 5.32 Å². The zero-order valence-corrected chi connectivity index (χ0v) is 12.2. The molecule has 0 saturated carbocycles. The van der Waals surface area contributed by atoms with Crippen LogP contribution in [0.2, 0.25) is 0 Å². The van der Waals surface area contributed by atoms with E-state index in [1.807, 2.05) is 0 Å². The minimum Gasteiger partial charge on any atom is -0.482 e. The van der Waals surface area contributed by atoms with Crippen LogP contribution in [0.25, 0.3) is 0 Å². The van der Waals surface area contributed by atoms with E-state index in [-0.39, 0.29) is 18.5 Å². The third-order valence-electron chi connectivity index (χ3n) is 2.48. The van der Waals surface area contributed by atoms with Gasteiger partial charge in [-0.15, -0.1) is 0 Å². The predicted octanol–water partition coefficient (Wildman–Crippen LogP) is 2.66. The average molecular weight is 283 g/mol. The molecule has 0 fully saturated rings. The second kappa shape index (κ2) is 8.53. The van der Waals surface area contributed by atoms with Crippen LogP contribution in [0.5, 0.6) is 5.75 Å².